The van der Waals surface area contributed by atoms with Gasteiger partial charge >= 0.3 is 0 Å². The fraction of sp³-hybridized carbons (Fsp3) is 0.500. The van der Waals surface area contributed by atoms with Crippen LogP contribution in [0.2, 0.25) is 0 Å². The van der Waals surface area contributed by atoms with E-state index in [0.29, 0.717) is 6.42 Å². The van der Waals surface area contributed by atoms with Crippen LogP contribution >= 0.6 is 11.8 Å². The Labute approximate surface area is 113 Å². The Bertz CT molecular complexity index is 351. The Kier molecular flexibility index (Phi) is 7.34. The summed E-state index contributed by atoms with van der Waals surface area (Å²) in [5, 5.41) is 2.92. The lowest BCUT2D eigenvalue weighted by molar-refractivity contribution is -0.120. The van der Waals surface area contributed by atoms with Gasteiger partial charge in [-0.1, -0.05) is 13.3 Å². The van der Waals surface area contributed by atoms with Crippen LogP contribution in [0, 0.1) is 0 Å². The Morgan fingerprint density at radius 1 is 1.33 bits per heavy atom. The molecule has 0 aliphatic rings. The lowest BCUT2D eigenvalue weighted by Crippen LogP contribution is -2.24. The number of rotatable bonds is 8. The number of hydrogen-bond acceptors (Lipinski definition) is 3. The molecular weight excluding hydrogens is 246 g/mol. The van der Waals surface area contributed by atoms with E-state index in [1.807, 2.05) is 24.3 Å². The first-order valence-electron chi connectivity index (χ1n) is 6.29. The first kappa shape index (κ1) is 14.9. The molecule has 1 amide bonds. The van der Waals surface area contributed by atoms with Crippen LogP contribution in [0.1, 0.15) is 26.2 Å². The van der Waals surface area contributed by atoms with Crippen LogP contribution in [-0.2, 0) is 4.79 Å². The average Bonchev–Trinajstić information content (AvgIpc) is 2.40. The smallest absolute Gasteiger partial charge is 0.220 e. The van der Waals surface area contributed by atoms with Crippen molar-refractivity contribution in [3.63, 3.8) is 0 Å². The van der Waals surface area contributed by atoms with Crippen LogP contribution < -0.4 is 10.1 Å². The quantitative estimate of drug-likeness (QED) is 0.581. The van der Waals surface area contributed by atoms with Crippen molar-refractivity contribution in [2.24, 2.45) is 0 Å². The highest BCUT2D eigenvalue weighted by molar-refractivity contribution is 7.99. The molecule has 1 aromatic carbocycles. The molecule has 0 aliphatic carbocycles. The van der Waals surface area contributed by atoms with Gasteiger partial charge in [-0.05, 0) is 30.7 Å². The number of benzene rings is 1. The van der Waals surface area contributed by atoms with Gasteiger partial charge in [0.2, 0.25) is 5.91 Å². The van der Waals surface area contributed by atoms with Crippen molar-refractivity contribution < 1.29 is 9.53 Å². The number of amides is 1. The van der Waals surface area contributed by atoms with Crippen molar-refractivity contribution in [3.8, 4) is 5.75 Å². The normalized spacial score (nSPS) is 10.1. The van der Waals surface area contributed by atoms with Gasteiger partial charge in [-0.2, -0.15) is 0 Å². The summed E-state index contributed by atoms with van der Waals surface area (Å²) in [6.07, 6.45) is 2.73. The number of nitrogens with one attached hydrogen (secondary N) is 1. The molecule has 0 aromatic heterocycles. The summed E-state index contributed by atoms with van der Waals surface area (Å²) in [6, 6.07) is 7.89. The molecular formula is C14H21NO2S. The number of thioether (sulfide) groups is 1. The van der Waals surface area contributed by atoms with Crippen molar-refractivity contribution in [1.82, 2.24) is 5.32 Å². The summed E-state index contributed by atoms with van der Waals surface area (Å²) in [5.41, 5.74) is 0. The highest BCUT2D eigenvalue weighted by atomic mass is 32.2. The van der Waals surface area contributed by atoms with Crippen molar-refractivity contribution in [2.45, 2.75) is 31.1 Å². The third-order valence-corrected chi connectivity index (χ3v) is 3.52. The van der Waals surface area contributed by atoms with Crippen molar-refractivity contribution in [1.29, 1.82) is 0 Å². The lowest BCUT2D eigenvalue weighted by Gasteiger charge is -2.05. The summed E-state index contributed by atoms with van der Waals surface area (Å²) >= 11 is 1.69. The number of carbonyl (C=O) groups is 1. The van der Waals surface area contributed by atoms with Gasteiger partial charge in [-0.3, -0.25) is 4.79 Å². The minimum absolute atomic E-state index is 0.143. The van der Waals surface area contributed by atoms with Crippen LogP contribution in [0.25, 0.3) is 0 Å². The number of ether oxygens (including phenoxy) is 1. The van der Waals surface area contributed by atoms with Crippen molar-refractivity contribution >= 4 is 17.7 Å². The van der Waals surface area contributed by atoms with Gasteiger partial charge < -0.3 is 10.1 Å². The molecule has 0 heterocycles. The third-order valence-electron chi connectivity index (χ3n) is 2.51. The van der Waals surface area contributed by atoms with E-state index in [9.17, 15) is 4.79 Å². The van der Waals surface area contributed by atoms with Gasteiger partial charge in [0.05, 0.1) is 7.11 Å². The van der Waals surface area contributed by atoms with Gasteiger partial charge in [0.15, 0.2) is 0 Å². The van der Waals surface area contributed by atoms with E-state index < -0.39 is 0 Å². The van der Waals surface area contributed by atoms with Gasteiger partial charge in [0.25, 0.3) is 0 Å². The van der Waals surface area contributed by atoms with Crippen LogP contribution in [0.15, 0.2) is 29.2 Å². The zero-order chi connectivity index (χ0) is 13.2. The number of methoxy groups -OCH3 is 1. The molecule has 18 heavy (non-hydrogen) atoms. The molecule has 0 bridgehead atoms. The molecule has 3 nitrogen and oxygen atoms in total. The number of unbranched alkanes of at least 4 members (excludes halogenated alkanes) is 1. The summed E-state index contributed by atoms with van der Waals surface area (Å²) in [5.74, 6) is 1.81. The van der Waals surface area contributed by atoms with Crippen LogP contribution in [0.3, 0.4) is 0 Å². The molecule has 1 aromatic rings. The predicted molar refractivity (Wildman–Crippen MR) is 76.3 cm³/mol. The third kappa shape index (κ3) is 5.96. The molecule has 100 valence electrons. The minimum Gasteiger partial charge on any atom is -0.497 e. The van der Waals surface area contributed by atoms with Gasteiger partial charge in [0.1, 0.15) is 5.75 Å². The fourth-order valence-electron chi connectivity index (χ4n) is 1.43. The minimum atomic E-state index is 0.143. The summed E-state index contributed by atoms with van der Waals surface area (Å²) in [7, 11) is 1.66. The second-order valence-corrected chi connectivity index (χ2v) is 5.15. The molecule has 1 rings (SSSR count). The highest BCUT2D eigenvalue weighted by Gasteiger charge is 2.01. The molecule has 0 unspecified atom stereocenters. The second-order valence-electron chi connectivity index (χ2n) is 3.98. The molecule has 0 radical (unpaired) electrons. The van der Waals surface area contributed by atoms with E-state index in [4.69, 9.17) is 4.74 Å². The molecule has 0 saturated heterocycles. The molecule has 0 spiro atoms. The zero-order valence-corrected chi connectivity index (χ0v) is 11.9. The maximum atomic E-state index is 11.5. The van der Waals surface area contributed by atoms with Gasteiger partial charge in [0, 0.05) is 23.6 Å². The zero-order valence-electron chi connectivity index (χ0n) is 11.1. The molecule has 4 heteroatoms. The van der Waals surface area contributed by atoms with E-state index >= 15 is 0 Å². The first-order chi connectivity index (χ1) is 8.76. The molecule has 0 saturated carbocycles. The predicted octanol–water partition coefficient (Wildman–Crippen LogP) is 3.09. The Morgan fingerprint density at radius 2 is 2.06 bits per heavy atom. The van der Waals surface area contributed by atoms with Crippen LogP contribution in [-0.4, -0.2) is 25.3 Å². The summed E-state index contributed by atoms with van der Waals surface area (Å²) in [4.78, 5) is 12.6. The maximum absolute atomic E-state index is 11.5. The molecule has 0 aliphatic heterocycles. The Hall–Kier alpha value is -1.16. The van der Waals surface area contributed by atoms with E-state index in [0.717, 1.165) is 35.8 Å². The molecule has 1 N–H and O–H groups in total. The van der Waals surface area contributed by atoms with E-state index in [1.54, 1.807) is 18.9 Å². The highest BCUT2D eigenvalue weighted by Crippen LogP contribution is 2.21. The monoisotopic (exact) mass is 267 g/mol. The van der Waals surface area contributed by atoms with Crippen LogP contribution in [0.4, 0.5) is 0 Å². The SMILES string of the molecule is CCCCNC(=O)CCSc1ccc(OC)cc1. The largest absolute Gasteiger partial charge is 0.497 e. The molecule has 0 atom stereocenters. The molecule has 0 fully saturated rings. The average molecular weight is 267 g/mol. The number of carbonyl (C=O) groups excluding carboxylic acids is 1. The number of hydrogen-bond donors (Lipinski definition) is 1. The van der Waals surface area contributed by atoms with Gasteiger partial charge in [-0.25, -0.2) is 0 Å². The van der Waals surface area contributed by atoms with Crippen LogP contribution in [0.5, 0.6) is 5.75 Å². The second kappa shape index (κ2) is 8.86. The summed E-state index contributed by atoms with van der Waals surface area (Å²) in [6.45, 7) is 2.91. The van der Waals surface area contributed by atoms with Crippen molar-refractivity contribution in [3.05, 3.63) is 24.3 Å². The van der Waals surface area contributed by atoms with Gasteiger partial charge in [-0.15, -0.1) is 11.8 Å². The Morgan fingerprint density at radius 3 is 2.67 bits per heavy atom. The topological polar surface area (TPSA) is 38.3 Å². The lowest BCUT2D eigenvalue weighted by atomic mass is 10.3. The fourth-order valence-corrected chi connectivity index (χ4v) is 2.28. The summed E-state index contributed by atoms with van der Waals surface area (Å²) < 4.78 is 5.09. The van der Waals surface area contributed by atoms with Crippen molar-refractivity contribution in [2.75, 3.05) is 19.4 Å². The maximum Gasteiger partial charge on any atom is 0.220 e. The standard InChI is InChI=1S/C14H21NO2S/c1-3-4-10-15-14(16)9-11-18-13-7-5-12(17-2)6-8-13/h5-8H,3-4,9-11H2,1-2H3,(H,15,16). The van der Waals surface area contributed by atoms with E-state index in [-0.39, 0.29) is 5.91 Å². The first-order valence-corrected chi connectivity index (χ1v) is 7.28. The van der Waals surface area contributed by atoms with E-state index in [1.165, 1.54) is 0 Å². The Balaban J connectivity index is 2.18. The van der Waals surface area contributed by atoms with E-state index in [2.05, 4.69) is 12.2 Å².